The molecule has 158 valence electrons. The number of carbonyl (C=O) groups is 1. The van der Waals surface area contributed by atoms with Crippen LogP contribution >= 0.6 is 0 Å². The summed E-state index contributed by atoms with van der Waals surface area (Å²) < 4.78 is 19.9. The Morgan fingerprint density at radius 2 is 1.52 bits per heavy atom. The van der Waals surface area contributed by atoms with Gasteiger partial charge in [-0.3, -0.25) is 0 Å². The van der Waals surface area contributed by atoms with Gasteiger partial charge in [0.15, 0.2) is 0 Å². The summed E-state index contributed by atoms with van der Waals surface area (Å²) in [5.74, 6) is 0. The summed E-state index contributed by atoms with van der Waals surface area (Å²) in [5.41, 5.74) is 3.64. The molecule has 0 unspecified atom stereocenters. The Morgan fingerprint density at radius 1 is 1.00 bits per heavy atom. The van der Waals surface area contributed by atoms with Gasteiger partial charge < -0.3 is 14.0 Å². The molecule has 1 aliphatic heterocycles. The lowest BCUT2D eigenvalue weighted by Gasteiger charge is -2.32. The molecule has 0 saturated carbocycles. The Bertz CT molecular complexity index is 983. The molecule has 1 aliphatic rings. The molecule has 0 N–H and O–H groups in total. The van der Waals surface area contributed by atoms with Crippen molar-refractivity contribution < 1.29 is 18.8 Å². The molecule has 1 fully saturated rings. The van der Waals surface area contributed by atoms with Gasteiger partial charge in [0.25, 0.3) is 0 Å². The van der Waals surface area contributed by atoms with Crippen molar-refractivity contribution in [2.45, 2.75) is 93.0 Å². The van der Waals surface area contributed by atoms with Crippen molar-refractivity contribution in [2.24, 2.45) is 0 Å². The third-order valence-corrected chi connectivity index (χ3v) is 6.25. The molecule has 0 bridgehead atoms. The molecule has 6 nitrogen and oxygen atoms in total. The largest absolute Gasteiger partial charge is 0.497 e. The van der Waals surface area contributed by atoms with Crippen LogP contribution in [0.1, 0.15) is 71.0 Å². The highest BCUT2D eigenvalue weighted by Crippen LogP contribution is 2.38. The second-order valence-electron chi connectivity index (χ2n) is 10.0. The first-order valence-electron chi connectivity index (χ1n) is 10.1. The zero-order chi connectivity index (χ0) is 22.1. The van der Waals surface area contributed by atoms with E-state index in [0.29, 0.717) is 5.65 Å². The summed E-state index contributed by atoms with van der Waals surface area (Å²) in [5, 5.41) is 0.898. The fourth-order valence-electron chi connectivity index (χ4n) is 3.65. The van der Waals surface area contributed by atoms with Crippen LogP contribution in [0.25, 0.3) is 11.0 Å². The average Bonchev–Trinajstić information content (AvgIpc) is 2.93. The highest BCUT2D eigenvalue weighted by atomic mass is 16.7. The molecular formula is C22H33BN2O4. The van der Waals surface area contributed by atoms with Crippen molar-refractivity contribution in [3.05, 3.63) is 22.5 Å². The Hall–Kier alpha value is -1.86. The standard InChI is InChI=1S/C22H33BN2O4/c1-12-13(2)16-17(23-28-21(8,9)22(10,11)29-23)15(4)25(18(16)24-14(12)3)19(26)27-20(5,6)7/h1-11H3. The number of rotatable bonds is 1. The van der Waals surface area contributed by atoms with Crippen LogP contribution in [0.3, 0.4) is 0 Å². The van der Waals surface area contributed by atoms with E-state index < -0.39 is 30.0 Å². The van der Waals surface area contributed by atoms with E-state index in [1.54, 1.807) is 4.57 Å². The number of hydrogen-bond acceptors (Lipinski definition) is 5. The SMILES string of the molecule is Cc1nc2c(c(C)c1C)c(B1OC(C)(C)C(C)(C)O1)c(C)n2C(=O)OC(C)(C)C. The number of nitrogens with zero attached hydrogens (tertiary/aromatic N) is 2. The lowest BCUT2D eigenvalue weighted by molar-refractivity contribution is 0.00578. The number of pyridine rings is 1. The van der Waals surface area contributed by atoms with Crippen molar-refractivity contribution in [1.82, 2.24) is 9.55 Å². The van der Waals surface area contributed by atoms with E-state index in [4.69, 9.17) is 19.0 Å². The Labute approximate surface area is 174 Å². The van der Waals surface area contributed by atoms with Crippen LogP contribution in [-0.2, 0) is 14.0 Å². The molecule has 7 heteroatoms. The van der Waals surface area contributed by atoms with Crippen LogP contribution in [0.2, 0.25) is 0 Å². The van der Waals surface area contributed by atoms with Gasteiger partial charge in [0.05, 0.1) is 11.2 Å². The first kappa shape index (κ1) is 21.8. The molecule has 3 rings (SSSR count). The van der Waals surface area contributed by atoms with Crippen molar-refractivity contribution in [3.63, 3.8) is 0 Å². The minimum atomic E-state index is -0.612. The lowest BCUT2D eigenvalue weighted by atomic mass is 9.76. The Balaban J connectivity index is 2.30. The third kappa shape index (κ3) is 3.48. The van der Waals surface area contributed by atoms with E-state index in [0.717, 1.165) is 33.4 Å². The van der Waals surface area contributed by atoms with Crippen LogP contribution in [0, 0.1) is 27.7 Å². The molecule has 0 radical (unpaired) electrons. The second kappa shape index (κ2) is 6.57. The van der Waals surface area contributed by atoms with Crippen molar-refractivity contribution >= 4 is 29.7 Å². The molecule has 2 aromatic heterocycles. The highest BCUT2D eigenvalue weighted by Gasteiger charge is 2.53. The van der Waals surface area contributed by atoms with Gasteiger partial charge >= 0.3 is 13.2 Å². The second-order valence-corrected chi connectivity index (χ2v) is 10.0. The summed E-state index contributed by atoms with van der Waals surface area (Å²) in [6.07, 6.45) is -0.446. The molecular weight excluding hydrogens is 367 g/mol. The zero-order valence-electron chi connectivity index (χ0n) is 19.6. The molecule has 0 aliphatic carbocycles. The number of aromatic nitrogens is 2. The van der Waals surface area contributed by atoms with Gasteiger partial charge in [-0.05, 0) is 87.3 Å². The van der Waals surface area contributed by atoms with Crippen molar-refractivity contribution in [1.29, 1.82) is 0 Å². The Morgan fingerprint density at radius 3 is 2.00 bits per heavy atom. The predicted octanol–water partition coefficient (Wildman–Crippen LogP) is 4.35. The quantitative estimate of drug-likeness (QED) is 0.666. The first-order chi connectivity index (χ1) is 13.1. The normalized spacial score (nSPS) is 18.5. The van der Waals surface area contributed by atoms with Crippen LogP contribution in [0.15, 0.2) is 0 Å². The van der Waals surface area contributed by atoms with Gasteiger partial charge in [-0.25, -0.2) is 14.3 Å². The van der Waals surface area contributed by atoms with Crippen LogP contribution in [-0.4, -0.2) is 39.6 Å². The summed E-state index contributed by atoms with van der Waals surface area (Å²) in [6, 6.07) is 0. The van der Waals surface area contributed by atoms with E-state index in [9.17, 15) is 4.79 Å². The summed E-state index contributed by atoms with van der Waals surface area (Å²) >= 11 is 0. The third-order valence-electron chi connectivity index (χ3n) is 6.25. The molecule has 2 aromatic rings. The number of hydrogen-bond donors (Lipinski definition) is 0. The predicted molar refractivity (Wildman–Crippen MR) is 116 cm³/mol. The van der Waals surface area contributed by atoms with E-state index in [1.165, 1.54) is 0 Å². The summed E-state index contributed by atoms with van der Waals surface area (Å²) in [4.78, 5) is 17.9. The molecule has 1 saturated heterocycles. The van der Waals surface area contributed by atoms with Gasteiger partial charge in [0.2, 0.25) is 0 Å². The zero-order valence-corrected chi connectivity index (χ0v) is 19.6. The number of ether oxygens (including phenoxy) is 1. The smallest absolute Gasteiger partial charge is 0.443 e. The average molecular weight is 400 g/mol. The topological polar surface area (TPSA) is 62.6 Å². The number of aryl methyl sites for hydroxylation is 2. The van der Waals surface area contributed by atoms with Crippen LogP contribution in [0.4, 0.5) is 4.79 Å². The molecule has 0 atom stereocenters. The van der Waals surface area contributed by atoms with Crippen LogP contribution < -0.4 is 5.46 Å². The van der Waals surface area contributed by atoms with Crippen LogP contribution in [0.5, 0.6) is 0 Å². The van der Waals surface area contributed by atoms with Gasteiger partial charge in [0, 0.05) is 22.2 Å². The van der Waals surface area contributed by atoms with E-state index >= 15 is 0 Å². The van der Waals surface area contributed by atoms with Gasteiger partial charge in [0.1, 0.15) is 11.2 Å². The summed E-state index contributed by atoms with van der Waals surface area (Å²) in [6.45, 7) is 21.6. The summed E-state index contributed by atoms with van der Waals surface area (Å²) in [7, 11) is -0.589. The van der Waals surface area contributed by atoms with Crippen molar-refractivity contribution in [2.75, 3.05) is 0 Å². The minimum Gasteiger partial charge on any atom is -0.443 e. The fourth-order valence-corrected chi connectivity index (χ4v) is 3.65. The van der Waals surface area contributed by atoms with E-state index in [-0.39, 0.29) is 0 Å². The fraction of sp³-hybridized carbons (Fsp3) is 0.636. The van der Waals surface area contributed by atoms with Crippen molar-refractivity contribution in [3.8, 4) is 0 Å². The van der Waals surface area contributed by atoms with E-state index in [1.807, 2.05) is 69.2 Å². The minimum absolute atomic E-state index is 0.446. The first-order valence-corrected chi connectivity index (χ1v) is 10.1. The van der Waals surface area contributed by atoms with Gasteiger partial charge in [-0.15, -0.1) is 0 Å². The molecule has 3 heterocycles. The van der Waals surface area contributed by atoms with Gasteiger partial charge in [-0.2, -0.15) is 0 Å². The monoisotopic (exact) mass is 400 g/mol. The molecule has 0 aromatic carbocycles. The maximum atomic E-state index is 13.1. The Kier molecular flexibility index (Phi) is 4.95. The maximum Gasteiger partial charge on any atom is 0.497 e. The molecule has 0 spiro atoms. The van der Waals surface area contributed by atoms with E-state index in [2.05, 4.69) is 6.92 Å². The van der Waals surface area contributed by atoms with Gasteiger partial charge in [-0.1, -0.05) is 0 Å². The number of fused-ring (bicyclic) bond motifs is 1. The number of carbonyl (C=O) groups excluding carboxylic acids is 1. The lowest BCUT2D eigenvalue weighted by Crippen LogP contribution is -2.41. The molecule has 0 amide bonds. The molecule has 29 heavy (non-hydrogen) atoms. The maximum absolute atomic E-state index is 13.1. The highest BCUT2D eigenvalue weighted by molar-refractivity contribution is 6.66.